The number of pyridine rings is 1. The monoisotopic (exact) mass is 338 g/mol. The van der Waals surface area contributed by atoms with Crippen molar-refractivity contribution in [3.05, 3.63) is 40.3 Å². The number of fused-ring (bicyclic) bond motifs is 1. The molecule has 0 N–H and O–H groups in total. The minimum atomic E-state index is -0.503. The molecule has 25 heavy (non-hydrogen) atoms. The lowest BCUT2D eigenvalue weighted by Gasteiger charge is -2.25. The van der Waals surface area contributed by atoms with Crippen LogP contribution in [0, 0.1) is 17.1 Å². The van der Waals surface area contributed by atoms with Crippen molar-refractivity contribution in [3.8, 4) is 6.07 Å². The molecule has 0 bridgehead atoms. The highest BCUT2D eigenvalue weighted by molar-refractivity contribution is 6.07. The summed E-state index contributed by atoms with van der Waals surface area (Å²) in [6.07, 6.45) is 3.79. The highest BCUT2D eigenvalue weighted by Gasteiger charge is 2.34. The first-order chi connectivity index (χ1) is 12.1. The van der Waals surface area contributed by atoms with Crippen LogP contribution < -0.4 is 0 Å². The lowest BCUT2D eigenvalue weighted by molar-refractivity contribution is 0.0843. The fourth-order valence-corrected chi connectivity index (χ4v) is 3.82. The molecular weight excluding hydrogens is 319 g/mol. The van der Waals surface area contributed by atoms with Gasteiger partial charge >= 0.3 is 0 Å². The molecule has 4 nitrogen and oxygen atoms in total. The van der Waals surface area contributed by atoms with E-state index in [-0.39, 0.29) is 17.3 Å². The third-order valence-corrected chi connectivity index (χ3v) is 5.21. The Morgan fingerprint density at radius 1 is 1.24 bits per heavy atom. The summed E-state index contributed by atoms with van der Waals surface area (Å²) in [6.45, 7) is 2.77. The summed E-state index contributed by atoms with van der Waals surface area (Å²) in [6, 6.07) is 4.85. The van der Waals surface area contributed by atoms with Crippen LogP contribution in [0.25, 0.3) is 10.9 Å². The molecule has 0 atom stereocenters. The number of nitrogens with zero attached hydrogens (tertiary/aromatic N) is 2. The molecule has 1 aliphatic heterocycles. The van der Waals surface area contributed by atoms with Gasteiger partial charge in [-0.25, -0.2) is 4.39 Å². The maximum atomic E-state index is 14.1. The van der Waals surface area contributed by atoms with Gasteiger partial charge in [0.25, 0.3) is 0 Å². The van der Waals surface area contributed by atoms with Crippen molar-refractivity contribution in [1.82, 2.24) is 4.98 Å². The van der Waals surface area contributed by atoms with Crippen LogP contribution in [-0.2, 0) is 4.74 Å². The zero-order chi connectivity index (χ0) is 17.6. The zero-order valence-corrected chi connectivity index (χ0v) is 14.1. The number of hydrogen-bond donors (Lipinski definition) is 0. The van der Waals surface area contributed by atoms with E-state index in [9.17, 15) is 14.4 Å². The lowest BCUT2D eigenvalue weighted by Crippen LogP contribution is -2.18. The molecular formula is C20H19FN2O2. The molecule has 128 valence electrons. The van der Waals surface area contributed by atoms with Crippen LogP contribution in [0.2, 0.25) is 0 Å². The predicted molar refractivity (Wildman–Crippen MR) is 91.2 cm³/mol. The topological polar surface area (TPSA) is 63.0 Å². The van der Waals surface area contributed by atoms with Crippen LogP contribution >= 0.6 is 0 Å². The first-order valence-corrected chi connectivity index (χ1v) is 8.76. The highest BCUT2D eigenvalue weighted by atomic mass is 19.1. The molecule has 2 aliphatic rings. The van der Waals surface area contributed by atoms with E-state index in [4.69, 9.17) is 9.72 Å². The Balaban J connectivity index is 2.04. The molecule has 5 heteroatoms. The Bertz CT molecular complexity index is 906. The Hall–Kier alpha value is -2.32. The fraction of sp³-hybridized carbons (Fsp3) is 0.450. The van der Waals surface area contributed by atoms with Gasteiger partial charge in [0.05, 0.1) is 11.1 Å². The number of nitriles is 1. The molecule has 1 aromatic carbocycles. The van der Waals surface area contributed by atoms with Gasteiger partial charge in [0.15, 0.2) is 5.78 Å². The van der Waals surface area contributed by atoms with Crippen molar-refractivity contribution in [2.75, 3.05) is 13.2 Å². The van der Waals surface area contributed by atoms with Crippen LogP contribution in [0.15, 0.2) is 12.1 Å². The summed E-state index contributed by atoms with van der Waals surface area (Å²) in [7, 11) is 0. The number of carbonyl (C=O) groups excluding carboxylic acids is 1. The van der Waals surface area contributed by atoms with Gasteiger partial charge in [-0.3, -0.25) is 9.78 Å². The van der Waals surface area contributed by atoms with E-state index in [1.165, 1.54) is 19.1 Å². The Morgan fingerprint density at radius 2 is 1.96 bits per heavy atom. The van der Waals surface area contributed by atoms with Crippen molar-refractivity contribution in [2.45, 2.75) is 44.4 Å². The van der Waals surface area contributed by atoms with Gasteiger partial charge in [-0.15, -0.1) is 0 Å². The molecule has 1 aromatic heterocycles. The number of benzene rings is 1. The third-order valence-electron chi connectivity index (χ3n) is 5.21. The summed E-state index contributed by atoms with van der Waals surface area (Å²) < 4.78 is 19.5. The number of Topliss-reactive ketones (excluding diaryl/α,β-unsaturated/α-hetero) is 1. The Labute approximate surface area is 145 Å². The van der Waals surface area contributed by atoms with E-state index in [0.29, 0.717) is 35.6 Å². The first kappa shape index (κ1) is 16.2. The number of ether oxygens (including phenoxy) is 1. The average molecular weight is 338 g/mol. The molecule has 0 amide bonds. The number of rotatable bonds is 3. The quantitative estimate of drug-likeness (QED) is 0.786. The third kappa shape index (κ3) is 2.81. The van der Waals surface area contributed by atoms with Crippen molar-refractivity contribution in [1.29, 1.82) is 5.26 Å². The van der Waals surface area contributed by atoms with Crippen LogP contribution in [0.4, 0.5) is 4.39 Å². The largest absolute Gasteiger partial charge is 0.381 e. The van der Waals surface area contributed by atoms with Gasteiger partial charge in [-0.05, 0) is 56.2 Å². The normalized spacial score (nSPS) is 18.3. The summed E-state index contributed by atoms with van der Waals surface area (Å²) in [5.41, 5.74) is 3.10. The fourth-order valence-electron chi connectivity index (χ4n) is 3.82. The van der Waals surface area contributed by atoms with Crippen LogP contribution in [0.1, 0.15) is 71.6 Å². The van der Waals surface area contributed by atoms with Gasteiger partial charge in [0, 0.05) is 35.8 Å². The van der Waals surface area contributed by atoms with Crippen molar-refractivity contribution >= 4 is 16.7 Å². The second-order valence-electron chi connectivity index (χ2n) is 6.96. The molecule has 1 saturated heterocycles. The van der Waals surface area contributed by atoms with E-state index >= 15 is 0 Å². The SMILES string of the molecule is CC(=O)c1cc(F)cc2c(C#N)c(C3CC3)c(C3CCOCC3)nc12. The molecule has 1 saturated carbocycles. The summed E-state index contributed by atoms with van der Waals surface area (Å²) in [4.78, 5) is 16.9. The van der Waals surface area contributed by atoms with Gasteiger partial charge in [0.2, 0.25) is 0 Å². The maximum Gasteiger partial charge on any atom is 0.162 e. The minimum Gasteiger partial charge on any atom is -0.381 e. The second kappa shape index (κ2) is 6.20. The summed E-state index contributed by atoms with van der Waals surface area (Å²) in [5.74, 6) is -0.186. The standard InChI is InChI=1S/C20H19FN2O2/c1-11(24)15-8-14(21)9-16-17(10-22)18(12-2-3-12)19(23-20(15)16)13-4-6-25-7-5-13/h8-9,12-13H,2-7H2,1H3. The van der Waals surface area contributed by atoms with E-state index in [2.05, 4.69) is 6.07 Å². The van der Waals surface area contributed by atoms with Crippen molar-refractivity contribution in [3.63, 3.8) is 0 Å². The molecule has 1 aliphatic carbocycles. The van der Waals surface area contributed by atoms with Crippen LogP contribution in [0.5, 0.6) is 0 Å². The number of carbonyl (C=O) groups is 1. The molecule has 2 fully saturated rings. The van der Waals surface area contributed by atoms with Crippen LogP contribution in [-0.4, -0.2) is 24.0 Å². The Morgan fingerprint density at radius 3 is 2.56 bits per heavy atom. The van der Waals surface area contributed by atoms with Crippen LogP contribution in [0.3, 0.4) is 0 Å². The lowest BCUT2D eigenvalue weighted by atomic mass is 9.87. The molecule has 4 rings (SSSR count). The predicted octanol–water partition coefficient (Wildman–Crippen LogP) is 4.22. The maximum absolute atomic E-state index is 14.1. The van der Waals surface area contributed by atoms with Gasteiger partial charge in [-0.2, -0.15) is 5.26 Å². The number of halogens is 1. The molecule has 0 spiro atoms. The van der Waals surface area contributed by atoms with Crippen molar-refractivity contribution in [2.24, 2.45) is 0 Å². The summed E-state index contributed by atoms with van der Waals surface area (Å²) >= 11 is 0. The minimum absolute atomic E-state index is 0.228. The number of aromatic nitrogens is 1. The van der Waals surface area contributed by atoms with Crippen molar-refractivity contribution < 1.29 is 13.9 Å². The van der Waals surface area contributed by atoms with Gasteiger partial charge < -0.3 is 4.74 Å². The smallest absolute Gasteiger partial charge is 0.162 e. The molecule has 2 heterocycles. The first-order valence-electron chi connectivity index (χ1n) is 8.76. The molecule has 0 unspecified atom stereocenters. The number of hydrogen-bond acceptors (Lipinski definition) is 4. The molecule has 2 aromatic rings. The van der Waals surface area contributed by atoms with Gasteiger partial charge in [0.1, 0.15) is 11.9 Å². The number of ketones is 1. The van der Waals surface area contributed by atoms with E-state index in [1.807, 2.05) is 0 Å². The zero-order valence-electron chi connectivity index (χ0n) is 14.1. The van der Waals surface area contributed by atoms with Gasteiger partial charge in [-0.1, -0.05) is 0 Å². The average Bonchev–Trinajstić information content (AvgIpc) is 3.45. The summed E-state index contributed by atoms with van der Waals surface area (Å²) in [5, 5.41) is 10.3. The Kier molecular flexibility index (Phi) is 4.01. The van der Waals surface area contributed by atoms with E-state index in [1.54, 1.807) is 0 Å². The second-order valence-corrected chi connectivity index (χ2v) is 6.96. The van der Waals surface area contributed by atoms with E-state index < -0.39 is 5.82 Å². The van der Waals surface area contributed by atoms with E-state index in [0.717, 1.165) is 36.9 Å². The highest BCUT2D eigenvalue weighted by Crippen LogP contribution is 2.47. The molecule has 0 radical (unpaired) electrons.